The van der Waals surface area contributed by atoms with Crippen molar-refractivity contribution >= 4 is 0 Å². The molecule has 20 heavy (non-hydrogen) atoms. The second-order valence-electron chi connectivity index (χ2n) is 5.78. The lowest BCUT2D eigenvalue weighted by molar-refractivity contribution is 0.467. The fraction of sp³-hybridized carbons (Fsp3) is 0.722. The van der Waals surface area contributed by atoms with Gasteiger partial charge >= 0.3 is 0 Å². The molecule has 0 bridgehead atoms. The maximum Gasteiger partial charge on any atom is 0.0575 e. The Labute approximate surface area is 125 Å². The summed E-state index contributed by atoms with van der Waals surface area (Å²) < 4.78 is 0. The summed E-state index contributed by atoms with van der Waals surface area (Å²) in [6.07, 6.45) is 12.7. The summed E-state index contributed by atoms with van der Waals surface area (Å²) >= 11 is 0. The molecule has 0 aliphatic heterocycles. The first-order valence-electron chi connectivity index (χ1n) is 8.43. The zero-order chi connectivity index (χ0) is 14.6. The van der Waals surface area contributed by atoms with Crippen molar-refractivity contribution in [1.82, 2.24) is 10.3 Å². The molecule has 0 spiro atoms. The lowest BCUT2D eigenvalue weighted by atomic mass is 10.0. The molecule has 0 aromatic carbocycles. The largest absolute Gasteiger partial charge is 0.309 e. The van der Waals surface area contributed by atoms with Gasteiger partial charge in [0.05, 0.1) is 5.69 Å². The Hall–Kier alpha value is -0.890. The van der Waals surface area contributed by atoms with Crippen LogP contribution in [0.15, 0.2) is 18.3 Å². The average molecular weight is 276 g/mol. The molecule has 1 heterocycles. The van der Waals surface area contributed by atoms with E-state index in [2.05, 4.69) is 43.2 Å². The van der Waals surface area contributed by atoms with E-state index in [1.165, 1.54) is 62.6 Å². The van der Waals surface area contributed by atoms with Gasteiger partial charge in [-0.25, -0.2) is 0 Å². The Bertz CT molecular complexity index is 349. The molecule has 0 saturated heterocycles. The quantitative estimate of drug-likeness (QED) is 0.563. The molecule has 2 heteroatoms. The summed E-state index contributed by atoms with van der Waals surface area (Å²) in [4.78, 5) is 4.54. The van der Waals surface area contributed by atoms with Crippen LogP contribution in [0.4, 0.5) is 0 Å². The Morgan fingerprint density at radius 2 is 1.75 bits per heavy atom. The van der Waals surface area contributed by atoms with Gasteiger partial charge in [0, 0.05) is 12.2 Å². The Morgan fingerprint density at radius 3 is 2.40 bits per heavy atom. The molecule has 1 unspecified atom stereocenters. The molecule has 1 aromatic rings. The Kier molecular flexibility index (Phi) is 9.31. The molecule has 1 N–H and O–H groups in total. The van der Waals surface area contributed by atoms with Crippen LogP contribution in [0.5, 0.6) is 0 Å². The molecular weight excluding hydrogens is 244 g/mol. The minimum absolute atomic E-state index is 0.426. The van der Waals surface area contributed by atoms with E-state index < -0.39 is 0 Å². The third kappa shape index (κ3) is 7.04. The van der Waals surface area contributed by atoms with Gasteiger partial charge in [-0.15, -0.1) is 0 Å². The van der Waals surface area contributed by atoms with Crippen LogP contribution in [0, 0.1) is 6.92 Å². The van der Waals surface area contributed by atoms with E-state index in [0.717, 1.165) is 6.54 Å². The van der Waals surface area contributed by atoms with Crippen molar-refractivity contribution in [3.8, 4) is 0 Å². The fourth-order valence-corrected chi connectivity index (χ4v) is 2.66. The molecule has 1 atom stereocenters. The van der Waals surface area contributed by atoms with E-state index in [-0.39, 0.29) is 0 Å². The summed E-state index contributed by atoms with van der Waals surface area (Å²) in [6.45, 7) is 7.60. The minimum Gasteiger partial charge on any atom is -0.309 e. The molecule has 1 rings (SSSR count). The number of aromatic nitrogens is 1. The van der Waals surface area contributed by atoms with Gasteiger partial charge in [0.15, 0.2) is 0 Å². The zero-order valence-electron chi connectivity index (χ0n) is 13.6. The van der Waals surface area contributed by atoms with E-state index >= 15 is 0 Å². The van der Waals surface area contributed by atoms with Crippen LogP contribution >= 0.6 is 0 Å². The first-order chi connectivity index (χ1) is 9.77. The van der Waals surface area contributed by atoms with Gasteiger partial charge in [-0.2, -0.15) is 0 Å². The third-order valence-corrected chi connectivity index (χ3v) is 3.84. The summed E-state index contributed by atoms with van der Waals surface area (Å²) in [7, 11) is 0. The summed E-state index contributed by atoms with van der Waals surface area (Å²) in [6, 6.07) is 4.71. The van der Waals surface area contributed by atoms with E-state index in [9.17, 15) is 0 Å². The molecule has 0 radical (unpaired) electrons. The second-order valence-corrected chi connectivity index (χ2v) is 5.78. The van der Waals surface area contributed by atoms with E-state index in [0.29, 0.717) is 6.04 Å². The highest BCUT2D eigenvalue weighted by Gasteiger charge is 2.11. The predicted octanol–water partition coefficient (Wildman–Crippen LogP) is 5.18. The lowest BCUT2D eigenvalue weighted by Gasteiger charge is -2.17. The van der Waals surface area contributed by atoms with Gasteiger partial charge in [0.25, 0.3) is 0 Å². The van der Waals surface area contributed by atoms with Gasteiger partial charge in [-0.1, -0.05) is 58.8 Å². The molecule has 114 valence electrons. The SMILES string of the molecule is CCCCCCCCCC(NCC)c1cc(C)ccn1. The standard InChI is InChI=1S/C18H32N2/c1-4-6-7-8-9-10-11-12-17(19-5-2)18-15-16(3)13-14-20-18/h13-15,17,19H,4-12H2,1-3H3. The van der Waals surface area contributed by atoms with Crippen LogP contribution in [0.3, 0.4) is 0 Å². The molecule has 0 aliphatic rings. The summed E-state index contributed by atoms with van der Waals surface area (Å²) in [5.74, 6) is 0. The van der Waals surface area contributed by atoms with Crippen molar-refractivity contribution in [2.45, 2.75) is 78.2 Å². The minimum atomic E-state index is 0.426. The molecule has 1 aromatic heterocycles. The summed E-state index contributed by atoms with van der Waals surface area (Å²) in [5, 5.41) is 3.57. The van der Waals surface area contributed by atoms with Crippen LogP contribution in [0.2, 0.25) is 0 Å². The zero-order valence-corrected chi connectivity index (χ0v) is 13.6. The molecule has 0 fully saturated rings. The smallest absolute Gasteiger partial charge is 0.0575 e. The maximum absolute atomic E-state index is 4.54. The topological polar surface area (TPSA) is 24.9 Å². The average Bonchev–Trinajstić information content (AvgIpc) is 2.45. The van der Waals surface area contributed by atoms with Crippen LogP contribution in [0.1, 0.15) is 82.5 Å². The normalized spacial score (nSPS) is 12.6. The molecule has 2 nitrogen and oxygen atoms in total. The van der Waals surface area contributed by atoms with Crippen molar-refractivity contribution in [2.24, 2.45) is 0 Å². The highest BCUT2D eigenvalue weighted by Crippen LogP contribution is 2.19. The van der Waals surface area contributed by atoms with Crippen molar-refractivity contribution in [3.05, 3.63) is 29.6 Å². The number of nitrogens with zero attached hydrogens (tertiary/aromatic N) is 1. The highest BCUT2D eigenvalue weighted by atomic mass is 14.9. The second kappa shape index (κ2) is 10.8. The van der Waals surface area contributed by atoms with Crippen molar-refractivity contribution < 1.29 is 0 Å². The number of aryl methyl sites for hydroxylation is 1. The van der Waals surface area contributed by atoms with Crippen molar-refractivity contribution in [3.63, 3.8) is 0 Å². The predicted molar refractivity (Wildman–Crippen MR) is 88.0 cm³/mol. The molecular formula is C18H32N2. The Balaban J connectivity index is 2.29. The van der Waals surface area contributed by atoms with E-state index in [1.54, 1.807) is 0 Å². The number of rotatable bonds is 11. The van der Waals surface area contributed by atoms with Crippen LogP contribution < -0.4 is 5.32 Å². The van der Waals surface area contributed by atoms with Crippen molar-refractivity contribution in [2.75, 3.05) is 6.54 Å². The highest BCUT2D eigenvalue weighted by molar-refractivity contribution is 5.17. The van der Waals surface area contributed by atoms with Gasteiger partial charge in [0.2, 0.25) is 0 Å². The van der Waals surface area contributed by atoms with Crippen LogP contribution in [-0.4, -0.2) is 11.5 Å². The maximum atomic E-state index is 4.54. The fourth-order valence-electron chi connectivity index (χ4n) is 2.66. The van der Waals surface area contributed by atoms with Crippen molar-refractivity contribution in [1.29, 1.82) is 0 Å². The number of unbranched alkanes of at least 4 members (excludes halogenated alkanes) is 6. The van der Waals surface area contributed by atoms with Crippen LogP contribution in [0.25, 0.3) is 0 Å². The van der Waals surface area contributed by atoms with E-state index in [1.807, 2.05) is 6.20 Å². The summed E-state index contributed by atoms with van der Waals surface area (Å²) in [5.41, 5.74) is 2.51. The van der Waals surface area contributed by atoms with E-state index in [4.69, 9.17) is 0 Å². The molecule has 0 saturated carbocycles. The number of pyridine rings is 1. The first-order valence-corrected chi connectivity index (χ1v) is 8.43. The third-order valence-electron chi connectivity index (χ3n) is 3.84. The monoisotopic (exact) mass is 276 g/mol. The number of hydrogen-bond acceptors (Lipinski definition) is 2. The van der Waals surface area contributed by atoms with Crippen LogP contribution in [-0.2, 0) is 0 Å². The Morgan fingerprint density at radius 1 is 1.05 bits per heavy atom. The number of nitrogens with one attached hydrogen (secondary N) is 1. The first kappa shape index (κ1) is 17.2. The van der Waals surface area contributed by atoms with Gasteiger partial charge in [-0.05, 0) is 37.6 Å². The molecule has 0 aliphatic carbocycles. The number of hydrogen-bond donors (Lipinski definition) is 1. The van der Waals surface area contributed by atoms with Gasteiger partial charge < -0.3 is 5.32 Å². The van der Waals surface area contributed by atoms with Gasteiger partial charge in [0.1, 0.15) is 0 Å². The lowest BCUT2D eigenvalue weighted by Crippen LogP contribution is -2.21. The van der Waals surface area contributed by atoms with Gasteiger partial charge in [-0.3, -0.25) is 4.98 Å². The molecule has 0 amide bonds.